The van der Waals surface area contributed by atoms with Crippen molar-refractivity contribution in [2.45, 2.75) is 13.8 Å². The summed E-state index contributed by atoms with van der Waals surface area (Å²) in [5, 5.41) is 28.3. The Morgan fingerprint density at radius 2 is 1.71 bits per heavy atom. The minimum atomic E-state index is -0.772. The van der Waals surface area contributed by atoms with Crippen molar-refractivity contribution in [1.29, 1.82) is 0 Å². The number of furan rings is 1. The number of benzene rings is 2. The van der Waals surface area contributed by atoms with Crippen LogP contribution in [-0.4, -0.2) is 16.0 Å². The molecule has 1 aromatic heterocycles. The predicted octanol–water partition coefficient (Wildman–Crippen LogP) is 5.14. The maximum absolute atomic E-state index is 12.1. The lowest BCUT2D eigenvalue weighted by molar-refractivity contribution is -0.384. The van der Waals surface area contributed by atoms with Crippen molar-refractivity contribution >= 4 is 23.2 Å². The first-order chi connectivity index (χ1) is 13.3. The van der Waals surface area contributed by atoms with E-state index >= 15 is 0 Å². The van der Waals surface area contributed by atoms with Crippen LogP contribution in [0.4, 0.5) is 17.3 Å². The molecule has 1 N–H and O–H groups in total. The number of phenols is 1. The maximum Gasteiger partial charge on any atom is 0.379 e. The molecule has 1 heterocycles. The summed E-state index contributed by atoms with van der Waals surface area (Å²) in [4.78, 5) is 22.2. The summed E-state index contributed by atoms with van der Waals surface area (Å²) in [5.74, 6) is -0.422. The maximum atomic E-state index is 12.1. The summed E-state index contributed by atoms with van der Waals surface area (Å²) in [6, 6.07) is 11.3. The number of nitrogens with zero attached hydrogens (tertiary/aromatic N) is 3. The van der Waals surface area contributed by atoms with Gasteiger partial charge >= 0.3 is 5.97 Å². The zero-order chi connectivity index (χ0) is 20.3. The fourth-order valence-corrected chi connectivity index (χ4v) is 2.38. The van der Waals surface area contributed by atoms with E-state index in [9.17, 15) is 20.0 Å². The molecule has 0 aliphatic carbocycles. The highest BCUT2D eigenvalue weighted by Gasteiger charge is 2.15. The van der Waals surface area contributed by atoms with Crippen LogP contribution in [0.15, 0.2) is 63.2 Å². The number of aromatic hydroxyl groups is 1. The summed E-state index contributed by atoms with van der Waals surface area (Å²) in [6.45, 7) is 3.50. The van der Waals surface area contributed by atoms with Gasteiger partial charge in [0.2, 0.25) is 11.6 Å². The second-order valence-corrected chi connectivity index (χ2v) is 5.91. The molecule has 142 valence electrons. The topological polar surface area (TPSA) is 128 Å². The number of hydrogen-bond acceptors (Lipinski definition) is 8. The normalized spacial score (nSPS) is 10.9. The SMILES string of the molecule is Cc1cc(N=Nc2ccc(C(=O)Oc3ccc([N+](=O)[O-])cc3)o2)cc(C)c1O. The van der Waals surface area contributed by atoms with Crippen LogP contribution in [0.25, 0.3) is 0 Å². The highest BCUT2D eigenvalue weighted by Crippen LogP contribution is 2.29. The molecule has 0 amide bonds. The van der Waals surface area contributed by atoms with Gasteiger partial charge in [0.05, 0.1) is 10.6 Å². The quantitative estimate of drug-likeness (QED) is 0.214. The first-order valence-electron chi connectivity index (χ1n) is 8.12. The summed E-state index contributed by atoms with van der Waals surface area (Å²) < 4.78 is 10.4. The van der Waals surface area contributed by atoms with Gasteiger partial charge in [-0.25, -0.2) is 4.79 Å². The van der Waals surface area contributed by atoms with E-state index in [1.165, 1.54) is 36.4 Å². The van der Waals surface area contributed by atoms with Crippen molar-refractivity contribution in [3.63, 3.8) is 0 Å². The fraction of sp³-hybridized carbons (Fsp3) is 0.105. The van der Waals surface area contributed by atoms with Gasteiger partial charge in [0.15, 0.2) is 0 Å². The van der Waals surface area contributed by atoms with Gasteiger partial charge in [0, 0.05) is 18.2 Å². The Balaban J connectivity index is 1.69. The van der Waals surface area contributed by atoms with E-state index < -0.39 is 10.9 Å². The van der Waals surface area contributed by atoms with Crippen LogP contribution in [-0.2, 0) is 0 Å². The van der Waals surface area contributed by atoms with Crippen LogP contribution < -0.4 is 4.74 Å². The lowest BCUT2D eigenvalue weighted by Crippen LogP contribution is -2.06. The molecule has 0 aliphatic heterocycles. The molecule has 0 aliphatic rings. The van der Waals surface area contributed by atoms with Gasteiger partial charge in [-0.05, 0) is 55.3 Å². The number of carbonyl (C=O) groups excluding carboxylic acids is 1. The summed E-state index contributed by atoms with van der Waals surface area (Å²) >= 11 is 0. The molecular weight excluding hydrogens is 366 g/mol. The Hall–Kier alpha value is -4.01. The van der Waals surface area contributed by atoms with Crippen LogP contribution in [0.1, 0.15) is 21.7 Å². The second kappa shape index (κ2) is 7.70. The average molecular weight is 381 g/mol. The Morgan fingerprint density at radius 1 is 1.07 bits per heavy atom. The molecular formula is C19H15N3O6. The van der Waals surface area contributed by atoms with Gasteiger partial charge in [-0.2, -0.15) is 0 Å². The molecule has 3 aromatic rings. The van der Waals surface area contributed by atoms with E-state index in [-0.39, 0.29) is 28.8 Å². The van der Waals surface area contributed by atoms with E-state index in [1.54, 1.807) is 26.0 Å². The Kier molecular flexibility index (Phi) is 5.16. The summed E-state index contributed by atoms with van der Waals surface area (Å²) in [5.41, 5.74) is 1.75. The smallest absolute Gasteiger partial charge is 0.379 e. The number of esters is 1. The Bertz CT molecular complexity index is 1050. The van der Waals surface area contributed by atoms with Crippen molar-refractivity contribution in [3.05, 3.63) is 75.5 Å². The van der Waals surface area contributed by atoms with Gasteiger partial charge in [0.25, 0.3) is 5.69 Å². The number of non-ortho nitro benzene ring substituents is 1. The van der Waals surface area contributed by atoms with E-state index in [0.717, 1.165) is 0 Å². The fourth-order valence-electron chi connectivity index (χ4n) is 2.38. The second-order valence-electron chi connectivity index (χ2n) is 5.91. The van der Waals surface area contributed by atoms with Gasteiger partial charge in [-0.15, -0.1) is 10.2 Å². The zero-order valence-corrected chi connectivity index (χ0v) is 14.9. The number of ether oxygens (including phenoxy) is 1. The summed E-state index contributed by atoms with van der Waals surface area (Å²) in [6.07, 6.45) is 0. The first kappa shape index (κ1) is 18.8. The number of aryl methyl sites for hydroxylation is 2. The van der Waals surface area contributed by atoms with Crippen LogP contribution in [0.3, 0.4) is 0 Å². The van der Waals surface area contributed by atoms with Gasteiger partial charge in [-0.1, -0.05) is 0 Å². The van der Waals surface area contributed by atoms with Crippen LogP contribution >= 0.6 is 0 Å². The minimum absolute atomic E-state index is 0.0922. The monoisotopic (exact) mass is 381 g/mol. The molecule has 3 rings (SSSR count). The molecule has 0 bridgehead atoms. The molecule has 0 radical (unpaired) electrons. The molecule has 0 unspecified atom stereocenters. The van der Waals surface area contributed by atoms with E-state index in [2.05, 4.69) is 10.2 Å². The zero-order valence-electron chi connectivity index (χ0n) is 14.9. The number of nitro benzene ring substituents is 1. The number of nitro groups is 1. The van der Waals surface area contributed by atoms with Crippen molar-refractivity contribution in [2.24, 2.45) is 10.2 Å². The largest absolute Gasteiger partial charge is 0.507 e. The van der Waals surface area contributed by atoms with E-state index in [4.69, 9.17) is 9.15 Å². The lowest BCUT2D eigenvalue weighted by atomic mass is 10.1. The molecule has 9 nitrogen and oxygen atoms in total. The molecule has 0 saturated heterocycles. The third kappa shape index (κ3) is 4.21. The van der Waals surface area contributed by atoms with Gasteiger partial charge < -0.3 is 14.3 Å². The molecule has 0 spiro atoms. The molecule has 28 heavy (non-hydrogen) atoms. The number of azo groups is 1. The molecule has 2 aromatic carbocycles. The van der Waals surface area contributed by atoms with Crippen molar-refractivity contribution in [3.8, 4) is 11.5 Å². The van der Waals surface area contributed by atoms with Crippen LogP contribution in [0, 0.1) is 24.0 Å². The van der Waals surface area contributed by atoms with Crippen molar-refractivity contribution in [1.82, 2.24) is 0 Å². The van der Waals surface area contributed by atoms with Gasteiger partial charge in [0.1, 0.15) is 11.5 Å². The molecule has 9 heteroatoms. The highest BCUT2D eigenvalue weighted by molar-refractivity contribution is 5.88. The molecule has 0 atom stereocenters. The van der Waals surface area contributed by atoms with E-state index in [0.29, 0.717) is 16.8 Å². The lowest BCUT2D eigenvalue weighted by Gasteiger charge is -2.03. The third-order valence-electron chi connectivity index (χ3n) is 3.79. The number of carbonyl (C=O) groups is 1. The molecule has 0 fully saturated rings. The number of rotatable bonds is 5. The van der Waals surface area contributed by atoms with Crippen molar-refractivity contribution in [2.75, 3.05) is 0 Å². The van der Waals surface area contributed by atoms with Gasteiger partial charge in [-0.3, -0.25) is 10.1 Å². The average Bonchev–Trinajstić information content (AvgIpc) is 3.14. The molecule has 0 saturated carbocycles. The number of phenolic OH excluding ortho intramolecular Hbond substituents is 1. The van der Waals surface area contributed by atoms with E-state index in [1.807, 2.05) is 0 Å². The standard InChI is InChI=1S/C19H15N3O6/c1-11-9-13(10-12(2)18(11)23)20-21-17-8-7-16(28-17)19(24)27-15-5-3-14(4-6-15)22(25)26/h3-10,23H,1-2H3. The Morgan fingerprint density at radius 3 is 2.32 bits per heavy atom. The first-order valence-corrected chi connectivity index (χ1v) is 8.12. The minimum Gasteiger partial charge on any atom is -0.507 e. The third-order valence-corrected chi connectivity index (χ3v) is 3.79. The number of hydrogen-bond donors (Lipinski definition) is 1. The van der Waals surface area contributed by atoms with Crippen LogP contribution in [0.2, 0.25) is 0 Å². The summed E-state index contributed by atoms with van der Waals surface area (Å²) in [7, 11) is 0. The van der Waals surface area contributed by atoms with Crippen molar-refractivity contribution < 1.29 is 24.0 Å². The van der Waals surface area contributed by atoms with Crippen LogP contribution in [0.5, 0.6) is 11.5 Å². The highest BCUT2D eigenvalue weighted by atomic mass is 16.6. The predicted molar refractivity (Wildman–Crippen MR) is 98.5 cm³/mol. The Labute approximate surface area is 159 Å².